The van der Waals surface area contributed by atoms with Gasteiger partial charge >= 0.3 is 0 Å². The topological polar surface area (TPSA) is 307 Å². The zero-order chi connectivity index (χ0) is 59.0. The molecule has 0 bridgehead atoms. The highest BCUT2D eigenvalue weighted by Crippen LogP contribution is 2.33. The van der Waals surface area contributed by atoms with E-state index in [2.05, 4.69) is 67.8 Å². The minimum Gasteiger partial charge on any atom is -0.394 e. The highest BCUT2D eigenvalue weighted by molar-refractivity contribution is 5.76. The van der Waals surface area contributed by atoms with Crippen LogP contribution in [0.25, 0.3) is 0 Å². The number of rotatable bonds is 46. The van der Waals surface area contributed by atoms with E-state index in [-0.39, 0.29) is 18.9 Å². The predicted octanol–water partition coefficient (Wildman–Crippen LogP) is 6.26. The van der Waals surface area contributed by atoms with Crippen molar-refractivity contribution >= 4 is 5.91 Å². The Bertz CT molecular complexity index is 1670. The molecule has 0 aliphatic carbocycles. The van der Waals surface area contributed by atoms with Gasteiger partial charge in [0.1, 0.15) is 73.2 Å². The van der Waals surface area contributed by atoms with Gasteiger partial charge in [0.05, 0.1) is 38.6 Å². The van der Waals surface area contributed by atoms with E-state index in [1.807, 2.05) is 0 Å². The monoisotopic (exact) mass is 1160 g/mol. The van der Waals surface area contributed by atoms with Crippen LogP contribution in [0.1, 0.15) is 206 Å². The van der Waals surface area contributed by atoms with Gasteiger partial charge in [0.15, 0.2) is 18.9 Å². The van der Waals surface area contributed by atoms with Gasteiger partial charge in [-0.05, 0) is 51.4 Å². The summed E-state index contributed by atoms with van der Waals surface area (Å²) in [4.78, 5) is 13.4. The van der Waals surface area contributed by atoms with Gasteiger partial charge in [-0.15, -0.1) is 0 Å². The normalized spacial score (nSPS) is 30.1. The quantitative estimate of drug-likeness (QED) is 0.0236. The van der Waals surface area contributed by atoms with Crippen LogP contribution in [-0.4, -0.2) is 193 Å². The summed E-state index contributed by atoms with van der Waals surface area (Å²) in [5.74, 6) is -0.258. The number of allylic oxidation sites excluding steroid dienone is 8. The van der Waals surface area contributed by atoms with E-state index >= 15 is 0 Å². The summed E-state index contributed by atoms with van der Waals surface area (Å²) in [6.07, 6.45) is 23.2. The van der Waals surface area contributed by atoms with Gasteiger partial charge in [0.2, 0.25) is 5.91 Å². The van der Waals surface area contributed by atoms with E-state index in [0.29, 0.717) is 12.8 Å². The first-order valence-electron chi connectivity index (χ1n) is 31.4. The van der Waals surface area contributed by atoms with Crippen molar-refractivity contribution in [3.63, 3.8) is 0 Å². The Morgan fingerprint density at radius 3 is 1.33 bits per heavy atom. The molecule has 1 amide bonds. The number of carbonyl (C=O) groups is 1. The molecule has 3 saturated heterocycles. The highest BCUT2D eigenvalue weighted by atomic mass is 16.8. The number of ether oxygens (including phenoxy) is 6. The van der Waals surface area contributed by atoms with Crippen LogP contribution >= 0.6 is 0 Å². The van der Waals surface area contributed by atoms with Gasteiger partial charge in [-0.2, -0.15) is 0 Å². The third kappa shape index (κ3) is 28.7. The number of nitrogens with one attached hydrogen (secondary N) is 1. The Labute approximate surface area is 484 Å². The first-order valence-corrected chi connectivity index (χ1v) is 31.4. The van der Waals surface area contributed by atoms with Gasteiger partial charge in [-0.25, -0.2) is 0 Å². The molecule has 0 radical (unpaired) electrons. The molecule has 3 rings (SSSR count). The molecule has 472 valence electrons. The molecule has 0 spiro atoms. The van der Waals surface area contributed by atoms with Crippen molar-refractivity contribution in [2.24, 2.45) is 0 Å². The third-order valence-electron chi connectivity index (χ3n) is 15.7. The number of carbonyl (C=O) groups excluding carboxylic acids is 1. The van der Waals surface area contributed by atoms with Crippen LogP contribution < -0.4 is 5.32 Å². The maximum atomic E-state index is 13.4. The van der Waals surface area contributed by atoms with Crippen LogP contribution in [0, 0.1) is 0 Å². The molecule has 3 aliphatic rings. The summed E-state index contributed by atoms with van der Waals surface area (Å²) >= 11 is 0. The molecule has 0 aromatic heterocycles. The average Bonchev–Trinajstić information content (AvgIpc) is 3.51. The fraction of sp³-hybridized carbons (Fsp3) is 0.855. The molecule has 3 heterocycles. The Kier molecular flexibility index (Phi) is 40.7. The lowest BCUT2D eigenvalue weighted by molar-refractivity contribution is -0.379. The second-order valence-electron chi connectivity index (χ2n) is 22.5. The molecule has 0 aromatic carbocycles. The minimum atomic E-state index is -1.97. The Hall–Kier alpha value is -2.25. The molecular formula is C62H111NO18. The largest absolute Gasteiger partial charge is 0.394 e. The molecule has 81 heavy (non-hydrogen) atoms. The minimum absolute atomic E-state index is 0.249. The second-order valence-corrected chi connectivity index (χ2v) is 22.5. The Morgan fingerprint density at radius 2 is 0.852 bits per heavy atom. The van der Waals surface area contributed by atoms with Crippen LogP contribution in [0.3, 0.4) is 0 Å². The van der Waals surface area contributed by atoms with Crippen molar-refractivity contribution in [2.75, 3.05) is 26.4 Å². The van der Waals surface area contributed by atoms with Crippen molar-refractivity contribution in [2.45, 2.75) is 311 Å². The zero-order valence-corrected chi connectivity index (χ0v) is 49.3. The maximum absolute atomic E-state index is 13.4. The lowest BCUT2D eigenvalue weighted by atomic mass is 9.96. The summed E-state index contributed by atoms with van der Waals surface area (Å²) in [5.41, 5.74) is 0. The molecule has 19 nitrogen and oxygen atoms in total. The van der Waals surface area contributed by atoms with Crippen molar-refractivity contribution < 1.29 is 89.4 Å². The number of amides is 1. The van der Waals surface area contributed by atoms with Crippen LogP contribution in [0.4, 0.5) is 0 Å². The van der Waals surface area contributed by atoms with E-state index in [1.165, 1.54) is 83.5 Å². The van der Waals surface area contributed by atoms with Gasteiger partial charge in [0, 0.05) is 6.42 Å². The van der Waals surface area contributed by atoms with E-state index in [0.717, 1.165) is 89.9 Å². The van der Waals surface area contributed by atoms with Gasteiger partial charge in [-0.3, -0.25) is 4.79 Å². The van der Waals surface area contributed by atoms with E-state index in [4.69, 9.17) is 28.4 Å². The molecule has 0 saturated carbocycles. The van der Waals surface area contributed by atoms with Gasteiger partial charge in [-0.1, -0.05) is 197 Å². The molecule has 19 heteroatoms. The maximum Gasteiger partial charge on any atom is 0.220 e. The first-order chi connectivity index (χ1) is 39.3. The van der Waals surface area contributed by atoms with Gasteiger partial charge in [0.25, 0.3) is 0 Å². The SMILES string of the molecule is CC/C=C\C/C=C\C/C=C\C/C=C\CCCCCCCCC(=O)NC(COC1OC(CO)C(OC2OC(CO)C(OC3OC(CO)C(O)C(O)C3O)C(O)C2O)C(O)C1O)C(O)CCCCCCCCCCCCCCCCCCC. The molecule has 3 aliphatic heterocycles. The smallest absolute Gasteiger partial charge is 0.220 e. The molecule has 0 aromatic rings. The van der Waals surface area contributed by atoms with Crippen molar-refractivity contribution in [1.82, 2.24) is 5.32 Å². The van der Waals surface area contributed by atoms with Crippen molar-refractivity contribution in [3.05, 3.63) is 48.6 Å². The van der Waals surface area contributed by atoms with Crippen LogP contribution in [-0.2, 0) is 33.2 Å². The average molecular weight is 1160 g/mol. The number of hydrogen-bond acceptors (Lipinski definition) is 18. The number of unbranched alkanes of at least 4 members (excludes halogenated alkanes) is 22. The van der Waals surface area contributed by atoms with Gasteiger partial charge < -0.3 is 89.9 Å². The zero-order valence-electron chi connectivity index (χ0n) is 49.3. The number of aliphatic hydroxyl groups is 11. The van der Waals surface area contributed by atoms with Crippen molar-refractivity contribution in [3.8, 4) is 0 Å². The highest BCUT2D eigenvalue weighted by Gasteiger charge is 2.53. The fourth-order valence-corrected chi connectivity index (χ4v) is 10.5. The van der Waals surface area contributed by atoms with Crippen LogP contribution in [0.5, 0.6) is 0 Å². The third-order valence-corrected chi connectivity index (χ3v) is 15.7. The molecule has 17 unspecified atom stereocenters. The van der Waals surface area contributed by atoms with Crippen LogP contribution in [0.2, 0.25) is 0 Å². The Balaban J connectivity index is 1.49. The molecular weight excluding hydrogens is 1050 g/mol. The summed E-state index contributed by atoms with van der Waals surface area (Å²) in [6.45, 7) is 1.67. The number of hydrogen-bond donors (Lipinski definition) is 12. The number of aliphatic hydroxyl groups excluding tert-OH is 11. The lowest BCUT2D eigenvalue weighted by Crippen LogP contribution is -2.66. The fourth-order valence-electron chi connectivity index (χ4n) is 10.5. The summed E-state index contributed by atoms with van der Waals surface area (Å²) in [6, 6.07) is -0.896. The second kappa shape index (κ2) is 45.1. The van der Waals surface area contributed by atoms with E-state index in [9.17, 15) is 61.0 Å². The summed E-state index contributed by atoms with van der Waals surface area (Å²) < 4.78 is 34.3. The van der Waals surface area contributed by atoms with E-state index in [1.54, 1.807) is 0 Å². The predicted molar refractivity (Wildman–Crippen MR) is 309 cm³/mol. The Morgan fingerprint density at radius 1 is 0.457 bits per heavy atom. The summed E-state index contributed by atoms with van der Waals surface area (Å²) in [5, 5.41) is 120. The van der Waals surface area contributed by atoms with Crippen LogP contribution in [0.15, 0.2) is 48.6 Å². The van der Waals surface area contributed by atoms with E-state index < -0.39 is 124 Å². The molecule has 12 N–H and O–H groups in total. The van der Waals surface area contributed by atoms with Crippen molar-refractivity contribution in [1.29, 1.82) is 0 Å². The summed E-state index contributed by atoms with van der Waals surface area (Å²) in [7, 11) is 0. The standard InChI is InChI=1S/C62H111NO18/c1-3-5-7-9-11-13-15-17-19-21-22-24-26-28-30-32-34-36-38-40-50(68)63-45(46(67)39-37-35-33-31-29-27-25-23-20-18-16-14-12-10-8-6-4-2)44-76-60-56(74)53(71)58(48(42-65)78-60)81-62-57(75)54(72)59(49(43-66)79-62)80-61-55(73)52(70)51(69)47(41-64)77-61/h5,7,11,13,17,19,22,24,45-49,51-62,64-67,69-75H,3-4,6,8-10,12,14-16,18,20-21,23,25-44H2,1-2H3,(H,63,68)/b7-5-,13-11-,19-17-,24-22-. The molecule has 17 atom stereocenters. The molecule has 3 fully saturated rings. The first kappa shape index (κ1) is 73.0. The lowest BCUT2D eigenvalue weighted by Gasteiger charge is -2.48.